The molecule has 1 fully saturated rings. The van der Waals surface area contributed by atoms with Crippen molar-refractivity contribution in [3.63, 3.8) is 0 Å². The van der Waals surface area contributed by atoms with Gasteiger partial charge in [0.25, 0.3) is 0 Å². The summed E-state index contributed by atoms with van der Waals surface area (Å²) in [6, 6.07) is 16.5. The van der Waals surface area contributed by atoms with Gasteiger partial charge in [0, 0.05) is 31.2 Å². The summed E-state index contributed by atoms with van der Waals surface area (Å²) in [6.07, 6.45) is 1.77. The fourth-order valence-electron chi connectivity index (χ4n) is 3.66. The molecule has 7 nitrogen and oxygen atoms in total. The molecule has 1 atom stereocenters. The molecule has 8 heteroatoms. The smallest absolute Gasteiger partial charge is 0.211 e. The van der Waals surface area contributed by atoms with Crippen molar-refractivity contribution in [2.24, 2.45) is 0 Å². The van der Waals surface area contributed by atoms with Crippen LogP contribution < -0.4 is 5.32 Å². The maximum Gasteiger partial charge on any atom is 0.211 e. The number of fused-ring (bicyclic) bond motifs is 1. The van der Waals surface area contributed by atoms with Crippen molar-refractivity contribution in [2.45, 2.75) is 19.6 Å². The molecule has 1 aromatic carbocycles. The zero-order chi connectivity index (χ0) is 20.3. The molecule has 0 unspecified atom stereocenters. The van der Waals surface area contributed by atoms with E-state index < -0.39 is 0 Å². The highest BCUT2D eigenvalue weighted by Gasteiger charge is 2.23. The first-order chi connectivity index (χ1) is 14.7. The Balaban J connectivity index is 1.28. The van der Waals surface area contributed by atoms with Crippen molar-refractivity contribution >= 4 is 33.2 Å². The van der Waals surface area contributed by atoms with E-state index in [9.17, 15) is 0 Å². The lowest BCUT2D eigenvalue weighted by Crippen LogP contribution is -2.38. The maximum absolute atomic E-state index is 6.04. The van der Waals surface area contributed by atoms with Crippen LogP contribution in [0.15, 0.2) is 54.7 Å². The van der Waals surface area contributed by atoms with Gasteiger partial charge in [0.05, 0.1) is 17.8 Å². The summed E-state index contributed by atoms with van der Waals surface area (Å²) in [5.41, 5.74) is 3.24. The molecular weight excluding hydrogens is 396 g/mol. The Bertz CT molecular complexity index is 1160. The van der Waals surface area contributed by atoms with Crippen LogP contribution in [0.1, 0.15) is 22.4 Å². The number of hydrogen-bond donors (Lipinski definition) is 1. The van der Waals surface area contributed by atoms with Crippen molar-refractivity contribution in [3.8, 4) is 0 Å². The summed E-state index contributed by atoms with van der Waals surface area (Å²) in [4.78, 5) is 11.6. The summed E-state index contributed by atoms with van der Waals surface area (Å²) in [6.45, 7) is 5.22. The molecule has 5 rings (SSSR count). The topological polar surface area (TPSA) is 76.1 Å². The van der Waals surface area contributed by atoms with Gasteiger partial charge in [-0.3, -0.25) is 9.88 Å². The first-order valence-corrected chi connectivity index (χ1v) is 10.8. The van der Waals surface area contributed by atoms with E-state index in [2.05, 4.69) is 49.7 Å². The minimum Gasteiger partial charge on any atom is -0.369 e. The third-order valence-corrected chi connectivity index (χ3v) is 5.84. The van der Waals surface area contributed by atoms with E-state index in [1.165, 1.54) is 22.3 Å². The molecule has 3 aromatic heterocycles. The highest BCUT2D eigenvalue weighted by atomic mass is 32.1. The summed E-state index contributed by atoms with van der Waals surface area (Å²) >= 11 is 1.51. The summed E-state index contributed by atoms with van der Waals surface area (Å²) < 4.78 is 6.04. The minimum atomic E-state index is -0.0567. The second-order valence-corrected chi connectivity index (χ2v) is 8.51. The largest absolute Gasteiger partial charge is 0.369 e. The maximum atomic E-state index is 6.04. The number of nitrogens with one attached hydrogen (secondary N) is 1. The molecule has 1 aliphatic heterocycles. The van der Waals surface area contributed by atoms with Crippen LogP contribution in [0.2, 0.25) is 0 Å². The molecule has 0 saturated carbocycles. The number of rotatable bonds is 5. The quantitative estimate of drug-likeness (QED) is 0.523. The number of aromatic nitrogens is 4. The fraction of sp³-hybridized carbons (Fsp3) is 0.273. The Morgan fingerprint density at radius 1 is 1.17 bits per heavy atom. The van der Waals surface area contributed by atoms with E-state index in [1.54, 1.807) is 0 Å². The molecule has 1 aliphatic rings. The predicted molar refractivity (Wildman–Crippen MR) is 118 cm³/mol. The monoisotopic (exact) mass is 418 g/mol. The Morgan fingerprint density at radius 2 is 2.13 bits per heavy atom. The summed E-state index contributed by atoms with van der Waals surface area (Å²) in [5, 5.41) is 14.2. The number of hydrogen-bond acceptors (Lipinski definition) is 8. The van der Waals surface area contributed by atoms with Crippen molar-refractivity contribution < 1.29 is 4.74 Å². The van der Waals surface area contributed by atoms with Gasteiger partial charge in [0.2, 0.25) is 5.13 Å². The molecule has 4 aromatic rings. The number of ether oxygens (including phenoxy) is 1. The van der Waals surface area contributed by atoms with Crippen LogP contribution in [0.25, 0.3) is 10.9 Å². The number of anilines is 2. The molecular formula is C22H22N6OS. The van der Waals surface area contributed by atoms with Gasteiger partial charge in [0.15, 0.2) is 0 Å². The number of pyridine rings is 2. The van der Waals surface area contributed by atoms with E-state index in [0.717, 1.165) is 46.8 Å². The van der Waals surface area contributed by atoms with E-state index >= 15 is 0 Å². The fourth-order valence-corrected chi connectivity index (χ4v) is 4.26. The zero-order valence-corrected chi connectivity index (χ0v) is 17.5. The Hall–Kier alpha value is -2.94. The van der Waals surface area contributed by atoms with E-state index in [4.69, 9.17) is 9.72 Å². The molecule has 1 N–H and O–H groups in total. The van der Waals surface area contributed by atoms with E-state index in [-0.39, 0.29) is 6.10 Å². The van der Waals surface area contributed by atoms with Crippen molar-refractivity contribution in [1.82, 2.24) is 25.1 Å². The van der Waals surface area contributed by atoms with Crippen molar-refractivity contribution in [3.05, 3.63) is 71.0 Å². The number of nitrogens with zero attached hydrogens (tertiary/aromatic N) is 5. The third-order valence-electron chi connectivity index (χ3n) is 5.09. The lowest BCUT2D eigenvalue weighted by molar-refractivity contribution is -0.0349. The van der Waals surface area contributed by atoms with E-state index in [0.29, 0.717) is 6.61 Å². The molecule has 0 bridgehead atoms. The van der Waals surface area contributed by atoms with Gasteiger partial charge >= 0.3 is 0 Å². The third kappa shape index (κ3) is 4.30. The molecule has 0 amide bonds. The van der Waals surface area contributed by atoms with Gasteiger partial charge in [-0.1, -0.05) is 29.5 Å². The Morgan fingerprint density at radius 3 is 3.03 bits per heavy atom. The highest BCUT2D eigenvalue weighted by Crippen LogP contribution is 2.25. The molecule has 30 heavy (non-hydrogen) atoms. The van der Waals surface area contributed by atoms with Crippen LogP contribution in [0.4, 0.5) is 10.9 Å². The number of benzene rings is 1. The highest BCUT2D eigenvalue weighted by molar-refractivity contribution is 7.15. The van der Waals surface area contributed by atoms with Crippen molar-refractivity contribution in [1.29, 1.82) is 0 Å². The van der Waals surface area contributed by atoms with Crippen LogP contribution in [0, 0.1) is 6.92 Å². The van der Waals surface area contributed by atoms with Crippen LogP contribution >= 0.6 is 11.3 Å². The van der Waals surface area contributed by atoms with E-state index in [1.807, 2.05) is 37.4 Å². The number of aryl methyl sites for hydroxylation is 1. The predicted octanol–water partition coefficient (Wildman–Crippen LogP) is 4.11. The average Bonchev–Trinajstić information content (AvgIpc) is 3.18. The molecule has 0 aliphatic carbocycles. The second kappa shape index (κ2) is 8.43. The molecule has 0 spiro atoms. The zero-order valence-electron chi connectivity index (χ0n) is 16.7. The lowest BCUT2D eigenvalue weighted by Gasteiger charge is -2.32. The molecule has 4 heterocycles. The van der Waals surface area contributed by atoms with Gasteiger partial charge in [-0.05, 0) is 42.8 Å². The van der Waals surface area contributed by atoms with Gasteiger partial charge in [0.1, 0.15) is 16.9 Å². The van der Waals surface area contributed by atoms with Crippen LogP contribution in [-0.2, 0) is 11.3 Å². The standard InChI is InChI=1S/C22H22N6OS/c1-15-26-27-22(30-15)25-21-6-2-5-19(24-21)20-14-28(10-11-29-20)13-16-7-8-18-17(12-16)4-3-9-23-18/h2-9,12,20H,10-11,13-14H2,1H3,(H,24,25,27)/t20-/m1/s1. The molecule has 0 radical (unpaired) electrons. The van der Waals surface area contributed by atoms with Gasteiger partial charge in [-0.25, -0.2) is 4.98 Å². The number of morpholine rings is 1. The molecule has 152 valence electrons. The van der Waals surface area contributed by atoms with Crippen LogP contribution in [0.3, 0.4) is 0 Å². The first-order valence-electron chi connectivity index (χ1n) is 9.95. The minimum absolute atomic E-state index is 0.0567. The van der Waals surface area contributed by atoms with Gasteiger partial charge in [-0.2, -0.15) is 0 Å². The van der Waals surface area contributed by atoms with Crippen LogP contribution in [-0.4, -0.2) is 44.8 Å². The summed E-state index contributed by atoms with van der Waals surface area (Å²) in [7, 11) is 0. The lowest BCUT2D eigenvalue weighted by atomic mass is 10.1. The average molecular weight is 419 g/mol. The Kier molecular flexibility index (Phi) is 5.35. The summed E-state index contributed by atoms with van der Waals surface area (Å²) in [5.74, 6) is 0.756. The van der Waals surface area contributed by atoms with Gasteiger partial charge < -0.3 is 10.1 Å². The normalized spacial score (nSPS) is 17.3. The molecule has 1 saturated heterocycles. The second-order valence-electron chi connectivity index (χ2n) is 7.32. The Labute approximate surface area is 178 Å². The SMILES string of the molecule is Cc1nnc(Nc2cccc([C@H]3CN(Cc4ccc5ncccc5c4)CCO3)n2)s1. The first kappa shape index (κ1) is 19.0. The van der Waals surface area contributed by atoms with Gasteiger partial charge in [-0.15, -0.1) is 10.2 Å². The van der Waals surface area contributed by atoms with Crippen molar-refractivity contribution in [2.75, 3.05) is 25.0 Å². The van der Waals surface area contributed by atoms with Crippen LogP contribution in [0.5, 0.6) is 0 Å².